The van der Waals surface area contributed by atoms with E-state index in [0.29, 0.717) is 22.4 Å². The molecule has 7 nitrogen and oxygen atoms in total. The summed E-state index contributed by atoms with van der Waals surface area (Å²) in [6.07, 6.45) is 1.86. The van der Waals surface area contributed by atoms with E-state index in [4.69, 9.17) is 16.0 Å². The third-order valence-corrected chi connectivity index (χ3v) is 6.38. The fourth-order valence-corrected chi connectivity index (χ4v) is 4.22. The van der Waals surface area contributed by atoms with Crippen molar-refractivity contribution in [3.8, 4) is 17.5 Å². The number of nitrogens with zero attached hydrogens (tertiary/aromatic N) is 4. The number of hydrogen-bond acceptors (Lipinski definition) is 5. The number of nitriles is 1. The molecule has 1 aromatic carbocycles. The number of fused-ring (bicyclic) bond motifs is 1. The summed E-state index contributed by atoms with van der Waals surface area (Å²) < 4.78 is 20.1. The van der Waals surface area contributed by atoms with Gasteiger partial charge in [0.1, 0.15) is 16.9 Å². The summed E-state index contributed by atoms with van der Waals surface area (Å²) >= 11 is 5.83. The molecule has 1 aliphatic rings. The zero-order chi connectivity index (χ0) is 25.0. The van der Waals surface area contributed by atoms with Gasteiger partial charge in [0.25, 0.3) is 11.8 Å². The highest BCUT2D eigenvalue weighted by atomic mass is 35.5. The molecule has 3 heterocycles. The molecule has 0 saturated carbocycles. The molecular weight excluding hydrogens is 459 g/mol. The van der Waals surface area contributed by atoms with E-state index in [9.17, 15) is 19.2 Å². The molecule has 2 amide bonds. The number of halogens is 2. The number of hydrogen-bond donors (Lipinski definition) is 0. The molecule has 9 heteroatoms. The summed E-state index contributed by atoms with van der Waals surface area (Å²) in [7, 11) is 0. The molecule has 176 valence electrons. The van der Waals surface area contributed by atoms with Crippen LogP contribution in [0.25, 0.3) is 22.4 Å². The average Bonchev–Trinajstić information content (AvgIpc) is 3.20. The van der Waals surface area contributed by atoms with Crippen LogP contribution in [-0.2, 0) is 10.2 Å². The lowest BCUT2D eigenvalue weighted by molar-refractivity contribution is -0.142. The van der Waals surface area contributed by atoms with Crippen LogP contribution in [0.2, 0.25) is 5.02 Å². The van der Waals surface area contributed by atoms with Crippen molar-refractivity contribution in [1.82, 2.24) is 14.8 Å². The monoisotopic (exact) mass is 482 g/mol. The van der Waals surface area contributed by atoms with Gasteiger partial charge in [0, 0.05) is 23.7 Å². The van der Waals surface area contributed by atoms with Crippen molar-refractivity contribution < 1.29 is 18.4 Å². The number of benzene rings is 1. The van der Waals surface area contributed by atoms with Crippen LogP contribution in [0.3, 0.4) is 0 Å². The fraction of sp³-hybridized carbons (Fsp3) is 0.360. The number of amides is 2. The smallest absolute Gasteiger partial charge is 0.290 e. The average molecular weight is 483 g/mol. The van der Waals surface area contributed by atoms with Crippen LogP contribution in [0.15, 0.2) is 34.7 Å². The zero-order valence-corrected chi connectivity index (χ0v) is 20.3. The van der Waals surface area contributed by atoms with Gasteiger partial charge in [-0.3, -0.25) is 9.59 Å². The molecule has 34 heavy (non-hydrogen) atoms. The summed E-state index contributed by atoms with van der Waals surface area (Å²) in [5, 5.41) is 9.20. The van der Waals surface area contributed by atoms with E-state index >= 15 is 0 Å². The minimum absolute atomic E-state index is 0.0192. The summed E-state index contributed by atoms with van der Waals surface area (Å²) in [6, 6.07) is 7.83. The molecular formula is C25H24ClFN4O3. The maximum atomic E-state index is 14.1. The van der Waals surface area contributed by atoms with E-state index in [-0.39, 0.29) is 29.3 Å². The van der Waals surface area contributed by atoms with Gasteiger partial charge in [0.15, 0.2) is 17.5 Å². The lowest BCUT2D eigenvalue weighted by Crippen LogP contribution is -2.63. The second-order valence-electron chi connectivity index (χ2n) is 9.83. The Kier molecular flexibility index (Phi) is 5.65. The molecule has 4 rings (SSSR count). The second kappa shape index (κ2) is 8.10. The molecule has 1 fully saturated rings. The predicted octanol–water partition coefficient (Wildman–Crippen LogP) is 5.13. The van der Waals surface area contributed by atoms with Crippen molar-refractivity contribution in [2.24, 2.45) is 0 Å². The van der Waals surface area contributed by atoms with Crippen molar-refractivity contribution in [3.63, 3.8) is 0 Å². The summed E-state index contributed by atoms with van der Waals surface area (Å²) in [4.78, 5) is 33.2. The minimum Gasteiger partial charge on any atom is -0.449 e. The van der Waals surface area contributed by atoms with Gasteiger partial charge >= 0.3 is 0 Å². The highest BCUT2D eigenvalue weighted by molar-refractivity contribution is 6.30. The van der Waals surface area contributed by atoms with Crippen LogP contribution >= 0.6 is 11.6 Å². The Labute approximate surface area is 201 Å². The van der Waals surface area contributed by atoms with Crippen LogP contribution in [-0.4, -0.2) is 45.2 Å². The highest BCUT2D eigenvalue weighted by Crippen LogP contribution is 2.36. The summed E-state index contributed by atoms with van der Waals surface area (Å²) in [5.74, 6) is -1.43. The lowest BCUT2D eigenvalue weighted by Gasteiger charge is -2.42. The van der Waals surface area contributed by atoms with Crippen LogP contribution in [0.4, 0.5) is 4.39 Å². The Morgan fingerprint density at radius 1 is 1.24 bits per heavy atom. The van der Waals surface area contributed by atoms with Crippen molar-refractivity contribution >= 4 is 34.5 Å². The van der Waals surface area contributed by atoms with Gasteiger partial charge < -0.3 is 9.32 Å². The van der Waals surface area contributed by atoms with Gasteiger partial charge in [-0.05, 0) is 37.5 Å². The third kappa shape index (κ3) is 3.90. The molecule has 0 bridgehead atoms. The third-order valence-electron chi connectivity index (χ3n) is 6.07. The van der Waals surface area contributed by atoms with Crippen molar-refractivity contribution in [3.05, 3.63) is 52.5 Å². The zero-order valence-electron chi connectivity index (χ0n) is 19.6. The van der Waals surface area contributed by atoms with E-state index in [1.165, 1.54) is 17.0 Å². The van der Waals surface area contributed by atoms with Gasteiger partial charge in [-0.1, -0.05) is 38.4 Å². The van der Waals surface area contributed by atoms with Gasteiger partial charge in [-0.15, -0.1) is 0 Å². The number of aromatic nitrogens is 1. The Hall–Kier alpha value is -3.44. The van der Waals surface area contributed by atoms with Crippen molar-refractivity contribution in [1.29, 1.82) is 5.26 Å². The molecule has 0 atom stereocenters. The largest absolute Gasteiger partial charge is 0.449 e. The van der Waals surface area contributed by atoms with Crippen LogP contribution < -0.4 is 0 Å². The standard InChI is InChI=1S/C25H24ClFN4O3/c1-24(2,3)15-11-18(14-6-7-16(26)17(27)10-14)29-19-12-20(34-21(15)19)22(32)31-9-8-30(13-28)23(33)25(31,4)5/h6-7,10-12H,8-9H2,1-5H3. The van der Waals surface area contributed by atoms with Gasteiger partial charge in [-0.2, -0.15) is 5.26 Å². The normalized spacial score (nSPS) is 16.1. The van der Waals surface area contributed by atoms with Crippen LogP contribution in [0.1, 0.15) is 50.7 Å². The van der Waals surface area contributed by atoms with E-state index in [2.05, 4.69) is 4.98 Å². The fourth-order valence-electron chi connectivity index (χ4n) is 4.10. The predicted molar refractivity (Wildman–Crippen MR) is 126 cm³/mol. The molecule has 2 aromatic heterocycles. The SMILES string of the molecule is CC(C)(C)c1cc(-c2ccc(Cl)c(F)c2)nc2cc(C(=O)N3CCN(C#N)C(=O)C3(C)C)oc12. The summed E-state index contributed by atoms with van der Waals surface area (Å²) in [6.45, 7) is 9.51. The quantitative estimate of drug-likeness (QED) is 0.472. The molecule has 1 saturated heterocycles. The van der Waals surface area contributed by atoms with Gasteiger partial charge in [0.05, 0.1) is 17.3 Å². The molecule has 0 aliphatic carbocycles. The Morgan fingerprint density at radius 3 is 2.56 bits per heavy atom. The Morgan fingerprint density at radius 2 is 1.94 bits per heavy atom. The second-order valence-corrected chi connectivity index (χ2v) is 10.2. The number of furan rings is 1. The van der Waals surface area contributed by atoms with E-state index in [1.807, 2.05) is 33.0 Å². The summed E-state index contributed by atoms with van der Waals surface area (Å²) in [5.41, 5.74) is 1.18. The molecule has 0 unspecified atom stereocenters. The van der Waals surface area contributed by atoms with Crippen molar-refractivity contribution in [2.45, 2.75) is 45.6 Å². The van der Waals surface area contributed by atoms with Crippen LogP contribution in [0, 0.1) is 17.3 Å². The number of carbonyl (C=O) groups is 2. The maximum Gasteiger partial charge on any atom is 0.290 e. The maximum absolute atomic E-state index is 14.1. The van der Waals surface area contributed by atoms with E-state index in [1.54, 1.807) is 26.0 Å². The first kappa shape index (κ1) is 23.7. The Bertz CT molecular complexity index is 1370. The first-order chi connectivity index (χ1) is 15.8. The Balaban J connectivity index is 1.82. The first-order valence-corrected chi connectivity index (χ1v) is 11.2. The van der Waals surface area contributed by atoms with Gasteiger partial charge in [0.2, 0.25) is 0 Å². The molecule has 1 aliphatic heterocycles. The number of piperazine rings is 1. The number of rotatable bonds is 2. The minimum atomic E-state index is -1.21. The molecule has 0 N–H and O–H groups in total. The van der Waals surface area contributed by atoms with Crippen LogP contribution in [0.5, 0.6) is 0 Å². The molecule has 0 radical (unpaired) electrons. The number of pyridine rings is 1. The highest BCUT2D eigenvalue weighted by Gasteiger charge is 2.45. The van der Waals surface area contributed by atoms with Crippen molar-refractivity contribution in [2.75, 3.05) is 13.1 Å². The topological polar surface area (TPSA) is 90.4 Å². The number of carbonyl (C=O) groups excluding carboxylic acids is 2. The first-order valence-electron chi connectivity index (χ1n) is 10.8. The van der Waals surface area contributed by atoms with E-state index < -0.39 is 23.2 Å². The molecule has 3 aromatic rings. The molecule has 0 spiro atoms. The lowest BCUT2D eigenvalue weighted by atomic mass is 9.86. The van der Waals surface area contributed by atoms with E-state index in [0.717, 1.165) is 10.5 Å². The van der Waals surface area contributed by atoms with Gasteiger partial charge in [-0.25, -0.2) is 14.3 Å².